The van der Waals surface area contributed by atoms with E-state index in [0.717, 1.165) is 11.3 Å². The summed E-state index contributed by atoms with van der Waals surface area (Å²) in [7, 11) is 1.62. The van der Waals surface area contributed by atoms with E-state index >= 15 is 0 Å². The molecule has 1 aromatic carbocycles. The van der Waals surface area contributed by atoms with Crippen molar-refractivity contribution in [3.8, 4) is 5.75 Å². The smallest absolute Gasteiger partial charge is 0.224 e. The van der Waals surface area contributed by atoms with Crippen molar-refractivity contribution in [2.45, 2.75) is 13.0 Å². The largest absolute Gasteiger partial charge is 0.496 e. The fraction of sp³-hybridized carbons (Fsp3) is 0.533. The summed E-state index contributed by atoms with van der Waals surface area (Å²) in [5, 5.41) is 3.91. The van der Waals surface area contributed by atoms with E-state index in [0.29, 0.717) is 50.8 Å². The Balaban J connectivity index is 1.75. The molecule has 1 aliphatic rings. The molecule has 1 aliphatic heterocycles. The van der Waals surface area contributed by atoms with Crippen LogP contribution in [0.25, 0.3) is 0 Å². The summed E-state index contributed by atoms with van der Waals surface area (Å²) >= 11 is 6.16. The van der Waals surface area contributed by atoms with Gasteiger partial charge in [0.15, 0.2) is 0 Å². The van der Waals surface area contributed by atoms with Gasteiger partial charge in [0.2, 0.25) is 5.91 Å². The molecule has 0 spiro atoms. The van der Waals surface area contributed by atoms with E-state index in [1.165, 1.54) is 0 Å². The number of hydrogen-bond acceptors (Lipinski definition) is 4. The Morgan fingerprint density at radius 1 is 1.43 bits per heavy atom. The minimum atomic E-state index is 0.164. The Morgan fingerprint density at radius 2 is 2.19 bits per heavy atom. The Bertz CT molecular complexity index is 476. The van der Waals surface area contributed by atoms with Crippen LogP contribution in [0.3, 0.4) is 0 Å². The number of halogens is 1. The Labute approximate surface area is 130 Å². The lowest BCUT2D eigenvalue weighted by Gasteiger charge is -2.26. The van der Waals surface area contributed by atoms with Crippen LogP contribution in [0, 0.1) is 0 Å². The molecule has 0 saturated carbocycles. The van der Waals surface area contributed by atoms with Crippen LogP contribution in [0.5, 0.6) is 5.75 Å². The normalized spacial score (nSPS) is 15.0. The summed E-state index contributed by atoms with van der Waals surface area (Å²) < 4.78 is 10.5. The van der Waals surface area contributed by atoms with E-state index in [9.17, 15) is 4.79 Å². The fourth-order valence-corrected chi connectivity index (χ4v) is 2.51. The summed E-state index contributed by atoms with van der Waals surface area (Å²) in [5.41, 5.74) is 0.917. The summed E-state index contributed by atoms with van der Waals surface area (Å²) in [6, 6.07) is 5.56. The van der Waals surface area contributed by atoms with Gasteiger partial charge in [-0.2, -0.15) is 0 Å². The molecule has 1 saturated heterocycles. The van der Waals surface area contributed by atoms with Crippen molar-refractivity contribution in [1.82, 2.24) is 10.2 Å². The predicted molar refractivity (Wildman–Crippen MR) is 81.7 cm³/mol. The summed E-state index contributed by atoms with van der Waals surface area (Å²) in [6.45, 7) is 3.85. The first-order valence-corrected chi connectivity index (χ1v) is 7.48. The number of nitrogens with zero attached hydrogens (tertiary/aromatic N) is 1. The second-order valence-corrected chi connectivity index (χ2v) is 5.25. The third-order valence-corrected chi connectivity index (χ3v) is 3.83. The lowest BCUT2D eigenvalue weighted by molar-refractivity contribution is -0.135. The van der Waals surface area contributed by atoms with Crippen molar-refractivity contribution >= 4 is 17.5 Å². The minimum Gasteiger partial charge on any atom is -0.496 e. The van der Waals surface area contributed by atoms with Crippen LogP contribution in [0.4, 0.5) is 0 Å². The van der Waals surface area contributed by atoms with Gasteiger partial charge in [0.25, 0.3) is 0 Å². The van der Waals surface area contributed by atoms with Crippen LogP contribution in [0.2, 0.25) is 5.02 Å². The zero-order chi connectivity index (χ0) is 15.1. The topological polar surface area (TPSA) is 50.8 Å². The molecule has 0 aromatic heterocycles. The average molecular weight is 313 g/mol. The van der Waals surface area contributed by atoms with Crippen LogP contribution in [-0.2, 0) is 16.1 Å². The van der Waals surface area contributed by atoms with Gasteiger partial charge in [-0.15, -0.1) is 0 Å². The maximum absolute atomic E-state index is 12.0. The maximum Gasteiger partial charge on any atom is 0.224 e. The van der Waals surface area contributed by atoms with Crippen LogP contribution in [0.1, 0.15) is 12.0 Å². The van der Waals surface area contributed by atoms with E-state index in [2.05, 4.69) is 5.32 Å². The molecule has 0 bridgehead atoms. The lowest BCUT2D eigenvalue weighted by atomic mass is 10.2. The Hall–Kier alpha value is -1.30. The zero-order valence-corrected chi connectivity index (χ0v) is 13.0. The van der Waals surface area contributed by atoms with E-state index < -0.39 is 0 Å². The highest BCUT2D eigenvalue weighted by atomic mass is 35.5. The van der Waals surface area contributed by atoms with Crippen molar-refractivity contribution in [2.75, 3.05) is 40.0 Å². The van der Waals surface area contributed by atoms with Gasteiger partial charge < -0.3 is 19.7 Å². The summed E-state index contributed by atoms with van der Waals surface area (Å²) in [4.78, 5) is 13.8. The maximum atomic E-state index is 12.0. The number of hydrogen-bond donors (Lipinski definition) is 1. The van der Waals surface area contributed by atoms with Crippen molar-refractivity contribution in [2.24, 2.45) is 0 Å². The first-order chi connectivity index (χ1) is 10.2. The highest BCUT2D eigenvalue weighted by Gasteiger charge is 2.16. The van der Waals surface area contributed by atoms with Gasteiger partial charge in [0.05, 0.1) is 20.3 Å². The molecule has 1 heterocycles. The molecular formula is C15H21ClN2O3. The molecule has 0 atom stereocenters. The molecule has 1 fully saturated rings. The number of morpholine rings is 1. The van der Waals surface area contributed by atoms with Gasteiger partial charge in [-0.25, -0.2) is 0 Å². The molecule has 1 N–H and O–H groups in total. The number of nitrogens with one attached hydrogen (secondary N) is 1. The summed E-state index contributed by atoms with van der Waals surface area (Å²) in [5.74, 6) is 0.923. The number of amides is 1. The first kappa shape index (κ1) is 16.1. The van der Waals surface area contributed by atoms with Crippen molar-refractivity contribution in [3.63, 3.8) is 0 Å². The molecular weight excluding hydrogens is 292 g/mol. The zero-order valence-electron chi connectivity index (χ0n) is 12.2. The number of carbonyl (C=O) groups is 1. The highest BCUT2D eigenvalue weighted by Crippen LogP contribution is 2.25. The number of ether oxygens (including phenoxy) is 2. The molecule has 2 rings (SSSR count). The Morgan fingerprint density at radius 3 is 2.90 bits per heavy atom. The predicted octanol–water partition coefficient (Wildman–Crippen LogP) is 1.69. The molecule has 21 heavy (non-hydrogen) atoms. The lowest BCUT2D eigenvalue weighted by Crippen LogP contribution is -2.41. The average Bonchev–Trinajstić information content (AvgIpc) is 2.53. The molecule has 1 aromatic rings. The standard InChI is InChI=1S/C15H21ClN2O3/c1-20-14-4-2-3-13(16)12(14)11-17-6-5-15(19)18-7-9-21-10-8-18/h2-4,17H,5-11H2,1H3. The third kappa shape index (κ3) is 4.59. The van der Waals surface area contributed by atoms with E-state index in [1.54, 1.807) is 7.11 Å². The van der Waals surface area contributed by atoms with E-state index in [4.69, 9.17) is 21.1 Å². The van der Waals surface area contributed by atoms with E-state index in [-0.39, 0.29) is 5.91 Å². The molecule has 0 unspecified atom stereocenters. The van der Waals surface area contributed by atoms with Gasteiger partial charge in [0.1, 0.15) is 5.75 Å². The number of rotatable bonds is 6. The number of carbonyl (C=O) groups excluding carboxylic acids is 1. The molecule has 5 nitrogen and oxygen atoms in total. The third-order valence-electron chi connectivity index (χ3n) is 3.48. The van der Waals surface area contributed by atoms with Crippen LogP contribution in [0.15, 0.2) is 18.2 Å². The van der Waals surface area contributed by atoms with Crippen LogP contribution >= 0.6 is 11.6 Å². The number of methoxy groups -OCH3 is 1. The van der Waals surface area contributed by atoms with E-state index in [1.807, 2.05) is 23.1 Å². The fourth-order valence-electron chi connectivity index (χ4n) is 2.28. The van der Waals surface area contributed by atoms with Gasteiger partial charge in [-0.05, 0) is 12.1 Å². The van der Waals surface area contributed by atoms with Gasteiger partial charge in [-0.1, -0.05) is 17.7 Å². The van der Waals surface area contributed by atoms with Crippen molar-refractivity contribution < 1.29 is 14.3 Å². The van der Waals surface area contributed by atoms with Gasteiger partial charge in [-0.3, -0.25) is 4.79 Å². The SMILES string of the molecule is COc1cccc(Cl)c1CNCCC(=O)N1CCOCC1. The Kier molecular flexibility index (Phi) is 6.29. The van der Waals surface area contributed by atoms with Crippen molar-refractivity contribution in [1.29, 1.82) is 0 Å². The second-order valence-electron chi connectivity index (χ2n) is 4.84. The van der Waals surface area contributed by atoms with Gasteiger partial charge in [0, 0.05) is 43.2 Å². The van der Waals surface area contributed by atoms with Crippen LogP contribution < -0.4 is 10.1 Å². The first-order valence-electron chi connectivity index (χ1n) is 7.10. The molecule has 0 aliphatic carbocycles. The van der Waals surface area contributed by atoms with Gasteiger partial charge >= 0.3 is 0 Å². The number of benzene rings is 1. The monoisotopic (exact) mass is 312 g/mol. The molecule has 0 radical (unpaired) electrons. The molecule has 116 valence electrons. The molecule has 6 heteroatoms. The molecule has 1 amide bonds. The highest BCUT2D eigenvalue weighted by molar-refractivity contribution is 6.31. The minimum absolute atomic E-state index is 0.164. The quantitative estimate of drug-likeness (QED) is 0.812. The van der Waals surface area contributed by atoms with Crippen molar-refractivity contribution in [3.05, 3.63) is 28.8 Å². The second kappa shape index (κ2) is 8.22. The summed E-state index contributed by atoms with van der Waals surface area (Å²) in [6.07, 6.45) is 0.479. The van der Waals surface area contributed by atoms with Crippen LogP contribution in [-0.4, -0.2) is 50.8 Å².